The summed E-state index contributed by atoms with van der Waals surface area (Å²) < 4.78 is 44.1. The molecule has 0 atom stereocenters. The molecule has 0 aliphatic carbocycles. The van der Waals surface area contributed by atoms with Gasteiger partial charge in [-0.3, -0.25) is 0 Å². The molecule has 0 aliphatic rings. The molecule has 2 aromatic carbocycles. The Labute approximate surface area is 204 Å². The van der Waals surface area contributed by atoms with Crippen LogP contribution in [0.1, 0.15) is 16.7 Å². The zero-order valence-corrected chi connectivity index (χ0v) is 19.2. The lowest BCUT2D eigenvalue weighted by Crippen LogP contribution is -2.31. The molecule has 0 saturated heterocycles. The van der Waals surface area contributed by atoms with Crippen molar-refractivity contribution in [1.29, 1.82) is 0 Å². The summed E-state index contributed by atoms with van der Waals surface area (Å²) in [5.41, 5.74) is 2.34. The predicted octanol–water partition coefficient (Wildman–Crippen LogP) is 4.45. The molecule has 0 unspecified atom stereocenters. The van der Waals surface area contributed by atoms with Crippen molar-refractivity contribution in [1.82, 2.24) is 15.0 Å². The fraction of sp³-hybridized carbons (Fsp3) is 0.167. The maximum Gasteiger partial charge on any atom is 0.501 e. The lowest BCUT2D eigenvalue weighted by molar-refractivity contribution is -0.616. The zero-order chi connectivity index (χ0) is 24.8. The Morgan fingerprint density at radius 2 is 1.60 bits per heavy atom. The van der Waals surface area contributed by atoms with Gasteiger partial charge in [0.15, 0.2) is 23.6 Å². The van der Waals surface area contributed by atoms with Gasteiger partial charge in [-0.05, 0) is 40.4 Å². The Hall–Kier alpha value is -4.05. The van der Waals surface area contributed by atoms with Crippen molar-refractivity contribution in [2.45, 2.75) is 12.8 Å². The molecule has 4 rings (SSSR count). The highest BCUT2D eigenvalue weighted by Crippen LogP contribution is 2.30. The summed E-state index contributed by atoms with van der Waals surface area (Å²) in [6, 6.07) is 8.74. The lowest BCUT2D eigenvalue weighted by Gasteiger charge is -2.10. The average molecular weight is 501 g/mol. The molecule has 35 heavy (non-hydrogen) atoms. The van der Waals surface area contributed by atoms with Gasteiger partial charge in [-0.2, -0.15) is 0 Å². The molecule has 0 N–H and O–H groups in total. The van der Waals surface area contributed by atoms with Crippen LogP contribution in [-0.2, 0) is 12.8 Å². The molecule has 0 saturated carbocycles. The highest BCUT2D eigenvalue weighted by molar-refractivity contribution is 6.30. The first-order chi connectivity index (χ1) is 16.9. The van der Waals surface area contributed by atoms with Crippen LogP contribution in [-0.4, -0.2) is 28.7 Å². The van der Waals surface area contributed by atoms with Crippen molar-refractivity contribution in [2.75, 3.05) is 13.7 Å². The molecule has 0 amide bonds. The van der Waals surface area contributed by atoms with Crippen LogP contribution in [0.15, 0.2) is 61.2 Å². The number of hydrogen-bond donors (Lipinski definition) is 0. The van der Waals surface area contributed by atoms with Crippen molar-refractivity contribution < 1.29 is 27.7 Å². The number of rotatable bonds is 9. The van der Waals surface area contributed by atoms with E-state index in [0.717, 1.165) is 23.3 Å². The van der Waals surface area contributed by atoms with E-state index in [1.54, 1.807) is 42.9 Å². The van der Waals surface area contributed by atoms with Gasteiger partial charge in [-0.15, -0.1) is 0 Å². The number of nitrogens with zero attached hydrogens (tertiary/aromatic N) is 4. The summed E-state index contributed by atoms with van der Waals surface area (Å²) in [5.74, 6) is -2.06. The van der Waals surface area contributed by atoms with E-state index in [9.17, 15) is 14.0 Å². The molecule has 0 fully saturated rings. The van der Waals surface area contributed by atoms with E-state index in [0.29, 0.717) is 23.1 Å². The molecule has 0 bridgehead atoms. The monoisotopic (exact) mass is 500 g/mol. The van der Waals surface area contributed by atoms with Crippen molar-refractivity contribution in [3.05, 3.63) is 99.7 Å². The number of benzene rings is 2. The number of hydrogen-bond acceptors (Lipinski definition) is 7. The lowest BCUT2D eigenvalue weighted by atomic mass is 10.1. The van der Waals surface area contributed by atoms with Crippen LogP contribution in [0.3, 0.4) is 0 Å². The smallest absolute Gasteiger partial charge is 0.501 e. The number of ether oxygens (including phenoxy) is 3. The zero-order valence-electron chi connectivity index (χ0n) is 18.5. The quantitative estimate of drug-likeness (QED) is 0.247. The fourth-order valence-corrected chi connectivity index (χ4v) is 3.32. The van der Waals surface area contributed by atoms with E-state index in [1.165, 1.54) is 13.3 Å². The molecule has 0 spiro atoms. The van der Waals surface area contributed by atoms with E-state index in [-0.39, 0.29) is 29.4 Å². The van der Waals surface area contributed by atoms with Crippen molar-refractivity contribution in [3.63, 3.8) is 0 Å². The molecule has 8 nitrogen and oxygen atoms in total. The van der Waals surface area contributed by atoms with Crippen LogP contribution in [0.5, 0.6) is 23.5 Å². The molecule has 0 radical (unpaired) electrons. The summed E-state index contributed by atoms with van der Waals surface area (Å²) in [6.07, 6.45) is 7.06. The van der Waals surface area contributed by atoms with E-state index < -0.39 is 17.4 Å². The SMILES string of the molecule is COc1ncc(Cc2cnc(OCCc3ccc(Oc4c(F)cc(Cl)cc4F)cc3)[n+]([O-])c2)cn1. The van der Waals surface area contributed by atoms with Crippen LogP contribution >= 0.6 is 11.6 Å². The minimum Gasteiger partial charge on any atom is -0.708 e. The third-order valence-electron chi connectivity index (χ3n) is 4.81. The maximum atomic E-state index is 13.9. The van der Waals surface area contributed by atoms with E-state index in [1.807, 2.05) is 0 Å². The maximum absolute atomic E-state index is 13.9. The van der Waals surface area contributed by atoms with Crippen molar-refractivity contribution in [3.8, 4) is 23.5 Å². The molecule has 4 aromatic rings. The van der Waals surface area contributed by atoms with Crippen molar-refractivity contribution >= 4 is 11.6 Å². The largest absolute Gasteiger partial charge is 0.708 e. The van der Waals surface area contributed by atoms with Crippen LogP contribution in [0, 0.1) is 16.8 Å². The second-order valence-corrected chi connectivity index (χ2v) is 7.80. The van der Waals surface area contributed by atoms with Crippen LogP contribution in [0.4, 0.5) is 8.78 Å². The van der Waals surface area contributed by atoms with Gasteiger partial charge in [0.25, 0.3) is 0 Å². The minimum atomic E-state index is -0.894. The predicted molar refractivity (Wildman–Crippen MR) is 122 cm³/mol. The molecule has 11 heteroatoms. The summed E-state index contributed by atoms with van der Waals surface area (Å²) in [4.78, 5) is 12.1. The first-order valence-electron chi connectivity index (χ1n) is 10.4. The van der Waals surface area contributed by atoms with E-state index in [4.69, 9.17) is 25.8 Å². The molecular weight excluding hydrogens is 482 g/mol. The molecule has 0 aliphatic heterocycles. The fourth-order valence-electron chi connectivity index (χ4n) is 3.13. The van der Waals surface area contributed by atoms with Gasteiger partial charge in [0, 0.05) is 35.8 Å². The highest BCUT2D eigenvalue weighted by Gasteiger charge is 2.14. The summed E-state index contributed by atoms with van der Waals surface area (Å²) in [7, 11) is 1.48. The molecular formula is C24H19ClF2N4O4. The average Bonchev–Trinajstić information content (AvgIpc) is 2.84. The van der Waals surface area contributed by atoms with Gasteiger partial charge in [0.2, 0.25) is 0 Å². The number of methoxy groups -OCH3 is 1. The van der Waals surface area contributed by atoms with Crippen LogP contribution in [0.25, 0.3) is 0 Å². The Bertz CT molecular complexity index is 1290. The molecule has 2 heterocycles. The normalized spacial score (nSPS) is 10.7. The Morgan fingerprint density at radius 3 is 2.23 bits per heavy atom. The summed E-state index contributed by atoms with van der Waals surface area (Å²) in [5, 5.41) is 12.2. The molecule has 180 valence electrons. The first-order valence-corrected chi connectivity index (χ1v) is 10.8. The summed E-state index contributed by atoms with van der Waals surface area (Å²) in [6.45, 7) is 0.196. The van der Waals surface area contributed by atoms with Gasteiger partial charge >= 0.3 is 12.0 Å². The summed E-state index contributed by atoms with van der Waals surface area (Å²) >= 11 is 5.62. The van der Waals surface area contributed by atoms with Gasteiger partial charge < -0.3 is 19.4 Å². The van der Waals surface area contributed by atoms with Crippen molar-refractivity contribution in [2.24, 2.45) is 0 Å². The van der Waals surface area contributed by atoms with Gasteiger partial charge in [0.1, 0.15) is 18.6 Å². The molecule has 2 aromatic heterocycles. The Kier molecular flexibility index (Phi) is 7.51. The highest BCUT2D eigenvalue weighted by atomic mass is 35.5. The first kappa shape index (κ1) is 24.1. The second-order valence-electron chi connectivity index (χ2n) is 7.37. The van der Waals surface area contributed by atoms with Gasteiger partial charge in [-0.1, -0.05) is 23.7 Å². The van der Waals surface area contributed by atoms with Crippen LogP contribution < -0.4 is 18.9 Å². The minimum absolute atomic E-state index is 0.0573. The third kappa shape index (κ3) is 6.30. The standard InChI is InChI=1S/C24H19ClF2N4O4/c1-33-23-28-11-16(12-29-23)8-17-13-30-24(31(32)14-17)34-7-6-15-2-4-19(5-3-15)35-22-20(26)9-18(25)10-21(22)27/h2-5,9-14H,6-8H2,1H3. The Balaban J connectivity index is 1.30. The van der Waals surface area contributed by atoms with Gasteiger partial charge in [-0.25, -0.2) is 23.5 Å². The third-order valence-corrected chi connectivity index (χ3v) is 5.03. The Morgan fingerprint density at radius 1 is 0.943 bits per heavy atom. The van der Waals surface area contributed by atoms with Crippen LogP contribution in [0.2, 0.25) is 5.02 Å². The number of aromatic nitrogens is 4. The van der Waals surface area contributed by atoms with Gasteiger partial charge in [0.05, 0.1) is 7.11 Å². The van der Waals surface area contributed by atoms with E-state index in [2.05, 4.69) is 15.0 Å². The van der Waals surface area contributed by atoms with E-state index >= 15 is 0 Å². The number of halogens is 3. The topological polar surface area (TPSA) is 93.3 Å². The second kappa shape index (κ2) is 10.9.